The van der Waals surface area contributed by atoms with Crippen molar-refractivity contribution in [2.75, 3.05) is 6.54 Å². The highest BCUT2D eigenvalue weighted by atomic mass is 16.4. The second-order valence-corrected chi connectivity index (χ2v) is 5.79. The molecular weight excluding hydrogens is 256 g/mol. The van der Waals surface area contributed by atoms with Crippen molar-refractivity contribution >= 4 is 11.9 Å². The largest absolute Gasteiger partial charge is 0.481 e. The van der Waals surface area contributed by atoms with Crippen LogP contribution >= 0.6 is 0 Å². The second-order valence-electron chi connectivity index (χ2n) is 5.79. The maximum Gasteiger partial charge on any atom is 0.307 e. The van der Waals surface area contributed by atoms with Crippen molar-refractivity contribution in [2.45, 2.75) is 39.3 Å². The Morgan fingerprint density at radius 3 is 2.15 bits per heavy atom. The van der Waals surface area contributed by atoms with Gasteiger partial charge >= 0.3 is 5.97 Å². The molecule has 0 atom stereocenters. The molecule has 0 radical (unpaired) electrons. The van der Waals surface area contributed by atoms with Crippen LogP contribution in [0.3, 0.4) is 0 Å². The number of hydrogen-bond acceptors (Lipinski definition) is 3. The third-order valence-electron chi connectivity index (χ3n) is 2.51. The number of carboxylic acid groups (broad SMARTS) is 1. The van der Waals surface area contributed by atoms with E-state index in [0.29, 0.717) is 6.54 Å². The molecule has 0 aromatic heterocycles. The van der Waals surface area contributed by atoms with Crippen molar-refractivity contribution in [2.24, 2.45) is 0 Å². The Kier molecular flexibility index (Phi) is 5.70. The smallest absolute Gasteiger partial charge is 0.307 e. The van der Waals surface area contributed by atoms with Gasteiger partial charge in [0.2, 0.25) is 5.91 Å². The molecule has 0 saturated heterocycles. The average molecular weight is 278 g/mol. The number of carbonyl (C=O) groups is 2. The summed E-state index contributed by atoms with van der Waals surface area (Å²) in [5.41, 5.74) is 1.56. The van der Waals surface area contributed by atoms with Crippen LogP contribution in [0.5, 0.6) is 0 Å². The number of hydrogen-bond donors (Lipinski definition) is 3. The van der Waals surface area contributed by atoms with Crippen LogP contribution in [0, 0.1) is 0 Å². The predicted molar refractivity (Wildman–Crippen MR) is 77.4 cm³/mol. The number of rotatable bonds is 6. The van der Waals surface area contributed by atoms with Crippen molar-refractivity contribution in [3.8, 4) is 0 Å². The fourth-order valence-corrected chi connectivity index (χ4v) is 1.73. The van der Waals surface area contributed by atoms with Gasteiger partial charge in [0.15, 0.2) is 0 Å². The van der Waals surface area contributed by atoms with Crippen LogP contribution in [0.4, 0.5) is 0 Å². The van der Waals surface area contributed by atoms with Crippen molar-refractivity contribution < 1.29 is 14.7 Å². The van der Waals surface area contributed by atoms with E-state index in [1.165, 1.54) is 0 Å². The van der Waals surface area contributed by atoms with Crippen molar-refractivity contribution in [3.63, 3.8) is 0 Å². The minimum absolute atomic E-state index is 0.0295. The molecule has 1 aromatic carbocycles. The Morgan fingerprint density at radius 1 is 1.10 bits per heavy atom. The predicted octanol–water partition coefficient (Wildman–Crippen LogP) is 1.32. The summed E-state index contributed by atoms with van der Waals surface area (Å²) in [7, 11) is 0. The zero-order chi connectivity index (χ0) is 15.2. The van der Waals surface area contributed by atoms with Gasteiger partial charge in [-0.2, -0.15) is 0 Å². The highest BCUT2D eigenvalue weighted by Crippen LogP contribution is 2.05. The summed E-state index contributed by atoms with van der Waals surface area (Å²) >= 11 is 0. The third kappa shape index (κ3) is 6.89. The number of carboxylic acids is 1. The lowest BCUT2D eigenvalue weighted by molar-refractivity contribution is -0.136. The van der Waals surface area contributed by atoms with Gasteiger partial charge in [0, 0.05) is 12.1 Å². The van der Waals surface area contributed by atoms with Gasteiger partial charge in [0.05, 0.1) is 13.0 Å². The van der Waals surface area contributed by atoms with Crippen LogP contribution < -0.4 is 10.6 Å². The SMILES string of the molecule is CC(C)(C)NC(=O)CNCc1ccc(CC(=O)O)cc1. The molecule has 5 heteroatoms. The molecule has 0 unspecified atom stereocenters. The van der Waals surface area contributed by atoms with E-state index in [2.05, 4.69) is 10.6 Å². The first-order valence-electron chi connectivity index (χ1n) is 6.57. The van der Waals surface area contributed by atoms with Gasteiger partial charge in [-0.05, 0) is 31.9 Å². The van der Waals surface area contributed by atoms with E-state index in [1.807, 2.05) is 32.9 Å². The Balaban J connectivity index is 2.35. The average Bonchev–Trinajstić information content (AvgIpc) is 2.28. The topological polar surface area (TPSA) is 78.4 Å². The molecule has 0 saturated carbocycles. The van der Waals surface area contributed by atoms with Gasteiger partial charge in [-0.3, -0.25) is 9.59 Å². The summed E-state index contributed by atoms with van der Waals surface area (Å²) in [6.07, 6.45) is 0.0295. The molecule has 110 valence electrons. The van der Waals surface area contributed by atoms with E-state index in [-0.39, 0.29) is 24.4 Å². The molecule has 0 aliphatic heterocycles. The van der Waals surface area contributed by atoms with Crippen molar-refractivity contribution in [1.29, 1.82) is 0 Å². The molecule has 0 fully saturated rings. The van der Waals surface area contributed by atoms with Crippen LogP contribution in [-0.2, 0) is 22.6 Å². The van der Waals surface area contributed by atoms with E-state index < -0.39 is 5.97 Å². The number of amides is 1. The highest BCUT2D eigenvalue weighted by Gasteiger charge is 2.12. The van der Waals surface area contributed by atoms with Crippen LogP contribution in [0.1, 0.15) is 31.9 Å². The number of carbonyl (C=O) groups excluding carboxylic acids is 1. The molecule has 1 aromatic rings. The van der Waals surface area contributed by atoms with E-state index in [9.17, 15) is 9.59 Å². The second kappa shape index (κ2) is 7.05. The summed E-state index contributed by atoms with van der Waals surface area (Å²) in [6.45, 7) is 6.64. The maximum absolute atomic E-state index is 11.6. The molecule has 3 N–H and O–H groups in total. The normalized spacial score (nSPS) is 11.2. The Hall–Kier alpha value is -1.88. The van der Waals surface area contributed by atoms with Crippen molar-refractivity contribution in [3.05, 3.63) is 35.4 Å². The maximum atomic E-state index is 11.6. The summed E-state index contributed by atoms with van der Waals surface area (Å²) < 4.78 is 0. The standard InChI is InChI=1S/C15H22N2O3/c1-15(2,3)17-13(18)10-16-9-12-6-4-11(5-7-12)8-14(19)20/h4-7,16H,8-10H2,1-3H3,(H,17,18)(H,19,20). The number of nitrogens with one attached hydrogen (secondary N) is 2. The monoisotopic (exact) mass is 278 g/mol. The summed E-state index contributed by atoms with van der Waals surface area (Å²) in [5, 5.41) is 14.6. The zero-order valence-corrected chi connectivity index (χ0v) is 12.2. The van der Waals surface area contributed by atoms with Crippen LogP contribution in [0.25, 0.3) is 0 Å². The van der Waals surface area contributed by atoms with E-state index in [1.54, 1.807) is 12.1 Å². The third-order valence-corrected chi connectivity index (χ3v) is 2.51. The molecule has 1 amide bonds. The lowest BCUT2D eigenvalue weighted by Gasteiger charge is -2.20. The highest BCUT2D eigenvalue weighted by molar-refractivity contribution is 5.78. The molecular formula is C15H22N2O3. The Morgan fingerprint density at radius 2 is 1.65 bits per heavy atom. The molecule has 0 heterocycles. The first kappa shape index (κ1) is 16.2. The Bertz CT molecular complexity index is 461. The number of aliphatic carboxylic acids is 1. The van der Waals surface area contributed by atoms with Crippen LogP contribution in [0.2, 0.25) is 0 Å². The quantitative estimate of drug-likeness (QED) is 0.733. The summed E-state index contributed by atoms with van der Waals surface area (Å²) in [6, 6.07) is 7.32. The van der Waals surface area contributed by atoms with Gasteiger partial charge in [-0.1, -0.05) is 24.3 Å². The fourth-order valence-electron chi connectivity index (χ4n) is 1.73. The Labute approximate surface area is 119 Å². The number of benzene rings is 1. The van der Waals surface area contributed by atoms with E-state index in [0.717, 1.165) is 11.1 Å². The van der Waals surface area contributed by atoms with Crippen LogP contribution in [0.15, 0.2) is 24.3 Å². The zero-order valence-electron chi connectivity index (χ0n) is 12.2. The lowest BCUT2D eigenvalue weighted by Crippen LogP contribution is -2.44. The lowest BCUT2D eigenvalue weighted by atomic mass is 10.1. The first-order valence-corrected chi connectivity index (χ1v) is 6.57. The minimum Gasteiger partial charge on any atom is -0.481 e. The molecule has 1 rings (SSSR count). The van der Waals surface area contributed by atoms with E-state index >= 15 is 0 Å². The minimum atomic E-state index is -0.838. The molecule has 5 nitrogen and oxygen atoms in total. The van der Waals surface area contributed by atoms with Crippen molar-refractivity contribution in [1.82, 2.24) is 10.6 Å². The first-order chi connectivity index (χ1) is 9.26. The van der Waals surface area contributed by atoms with E-state index in [4.69, 9.17) is 5.11 Å². The van der Waals surface area contributed by atoms with Gasteiger partial charge < -0.3 is 15.7 Å². The van der Waals surface area contributed by atoms with Gasteiger partial charge in [-0.15, -0.1) is 0 Å². The van der Waals surface area contributed by atoms with Gasteiger partial charge in [-0.25, -0.2) is 0 Å². The van der Waals surface area contributed by atoms with Gasteiger partial charge in [0.25, 0.3) is 0 Å². The summed E-state index contributed by atoms with van der Waals surface area (Å²) in [4.78, 5) is 22.1. The molecule has 0 aliphatic rings. The fraction of sp³-hybridized carbons (Fsp3) is 0.467. The molecule has 0 aliphatic carbocycles. The van der Waals surface area contributed by atoms with Crippen LogP contribution in [-0.4, -0.2) is 29.1 Å². The summed E-state index contributed by atoms with van der Waals surface area (Å²) in [5.74, 6) is -0.880. The molecule has 0 spiro atoms. The van der Waals surface area contributed by atoms with Gasteiger partial charge in [0.1, 0.15) is 0 Å². The molecule has 0 bridgehead atoms. The molecule has 20 heavy (non-hydrogen) atoms.